The highest BCUT2D eigenvalue weighted by molar-refractivity contribution is 7.99. The third kappa shape index (κ3) is 3.57. The number of carbonyl (C=O) groups is 2. The Balaban J connectivity index is 1.33. The Morgan fingerprint density at radius 2 is 2.04 bits per heavy atom. The Kier molecular flexibility index (Phi) is 4.86. The van der Waals surface area contributed by atoms with Crippen molar-refractivity contribution in [2.24, 2.45) is 0 Å². The van der Waals surface area contributed by atoms with Gasteiger partial charge < -0.3 is 14.2 Å². The molecule has 3 heterocycles. The molecular weight excluding hydrogens is 352 g/mol. The summed E-state index contributed by atoms with van der Waals surface area (Å²) in [6.45, 7) is 4.20. The number of benzene rings is 1. The first kappa shape index (κ1) is 17.4. The fourth-order valence-electron chi connectivity index (χ4n) is 3.43. The molecule has 1 aromatic carbocycles. The van der Waals surface area contributed by atoms with Crippen LogP contribution in [0.2, 0.25) is 0 Å². The van der Waals surface area contributed by atoms with Crippen molar-refractivity contribution in [3.8, 4) is 0 Å². The van der Waals surface area contributed by atoms with Gasteiger partial charge in [0.15, 0.2) is 11.5 Å². The van der Waals surface area contributed by atoms with Gasteiger partial charge in [-0.2, -0.15) is 0 Å². The normalized spacial score (nSPS) is 20.7. The van der Waals surface area contributed by atoms with Crippen LogP contribution in [-0.4, -0.2) is 70.4 Å². The van der Waals surface area contributed by atoms with Gasteiger partial charge in [-0.05, 0) is 17.7 Å². The van der Waals surface area contributed by atoms with E-state index in [0.29, 0.717) is 44.1 Å². The first-order valence-corrected chi connectivity index (χ1v) is 9.99. The minimum atomic E-state index is -0.0701. The van der Waals surface area contributed by atoms with Gasteiger partial charge in [0.05, 0.1) is 12.5 Å². The standard InChI is InChI=1S/C18H22N4O3S/c1-12-20-14-3-2-13(8-16(14)25-12)9-17(23)21-4-6-22(7-5-21)18(24)15-10-26-11-19-15/h2-3,8,15,19H,4-7,9-11H2,1H3. The van der Waals surface area contributed by atoms with E-state index in [9.17, 15) is 9.59 Å². The van der Waals surface area contributed by atoms with Crippen molar-refractivity contribution in [1.29, 1.82) is 0 Å². The molecule has 1 unspecified atom stereocenters. The number of hydrogen-bond acceptors (Lipinski definition) is 6. The Morgan fingerprint density at radius 1 is 1.27 bits per heavy atom. The molecule has 2 aliphatic heterocycles. The highest BCUT2D eigenvalue weighted by atomic mass is 32.2. The van der Waals surface area contributed by atoms with Crippen molar-refractivity contribution in [2.45, 2.75) is 19.4 Å². The molecule has 26 heavy (non-hydrogen) atoms. The molecule has 0 saturated carbocycles. The maximum Gasteiger partial charge on any atom is 0.240 e. The van der Waals surface area contributed by atoms with E-state index >= 15 is 0 Å². The first-order valence-electron chi connectivity index (χ1n) is 8.84. The third-order valence-electron chi connectivity index (χ3n) is 4.87. The number of amides is 2. The molecule has 0 spiro atoms. The summed E-state index contributed by atoms with van der Waals surface area (Å²) in [6.07, 6.45) is 0.338. The van der Waals surface area contributed by atoms with Crippen LogP contribution in [0.4, 0.5) is 0 Å². The summed E-state index contributed by atoms with van der Waals surface area (Å²) in [4.78, 5) is 33.0. The summed E-state index contributed by atoms with van der Waals surface area (Å²) in [5, 5.41) is 3.21. The summed E-state index contributed by atoms with van der Waals surface area (Å²) >= 11 is 1.75. The monoisotopic (exact) mass is 374 g/mol. The molecule has 1 N–H and O–H groups in total. The van der Waals surface area contributed by atoms with E-state index < -0.39 is 0 Å². The van der Waals surface area contributed by atoms with Gasteiger partial charge in [0.1, 0.15) is 5.52 Å². The predicted molar refractivity (Wildman–Crippen MR) is 99.9 cm³/mol. The van der Waals surface area contributed by atoms with Crippen molar-refractivity contribution in [3.63, 3.8) is 0 Å². The van der Waals surface area contributed by atoms with E-state index in [1.54, 1.807) is 11.8 Å². The average molecular weight is 374 g/mol. The van der Waals surface area contributed by atoms with Crippen LogP contribution in [0.15, 0.2) is 22.6 Å². The molecule has 138 valence electrons. The molecule has 2 saturated heterocycles. The van der Waals surface area contributed by atoms with Gasteiger partial charge in [0, 0.05) is 44.7 Å². The van der Waals surface area contributed by atoms with Crippen LogP contribution in [0.3, 0.4) is 0 Å². The number of fused-ring (bicyclic) bond motifs is 1. The number of rotatable bonds is 3. The molecule has 1 aromatic heterocycles. The number of nitrogens with zero attached hydrogens (tertiary/aromatic N) is 3. The van der Waals surface area contributed by atoms with Gasteiger partial charge in [-0.15, -0.1) is 11.8 Å². The van der Waals surface area contributed by atoms with Crippen LogP contribution in [0, 0.1) is 6.92 Å². The second kappa shape index (κ2) is 7.28. The molecule has 2 aromatic rings. The molecule has 2 amide bonds. The zero-order valence-electron chi connectivity index (χ0n) is 14.7. The van der Waals surface area contributed by atoms with Crippen molar-refractivity contribution in [3.05, 3.63) is 29.7 Å². The van der Waals surface area contributed by atoms with E-state index in [4.69, 9.17) is 4.42 Å². The lowest BCUT2D eigenvalue weighted by Gasteiger charge is -2.36. The van der Waals surface area contributed by atoms with E-state index in [-0.39, 0.29) is 17.9 Å². The van der Waals surface area contributed by atoms with Gasteiger partial charge in [-0.25, -0.2) is 4.98 Å². The Labute approximate surface area is 156 Å². The van der Waals surface area contributed by atoms with Gasteiger partial charge in [0.2, 0.25) is 11.8 Å². The fourth-order valence-corrected chi connectivity index (χ4v) is 4.36. The predicted octanol–water partition coefficient (Wildman–Crippen LogP) is 1.01. The summed E-state index contributed by atoms with van der Waals surface area (Å²) in [5.74, 6) is 2.54. The minimum absolute atomic E-state index is 0.0701. The lowest BCUT2D eigenvalue weighted by molar-refractivity contribution is -0.140. The molecule has 4 rings (SSSR count). The lowest BCUT2D eigenvalue weighted by Crippen LogP contribution is -2.54. The third-order valence-corrected chi connectivity index (χ3v) is 5.81. The molecule has 0 bridgehead atoms. The number of nitrogens with one attached hydrogen (secondary N) is 1. The van der Waals surface area contributed by atoms with Gasteiger partial charge >= 0.3 is 0 Å². The number of piperazine rings is 1. The quantitative estimate of drug-likeness (QED) is 0.864. The Hall–Kier alpha value is -2.06. The van der Waals surface area contributed by atoms with Crippen LogP contribution >= 0.6 is 11.8 Å². The number of hydrogen-bond donors (Lipinski definition) is 1. The summed E-state index contributed by atoms with van der Waals surface area (Å²) < 4.78 is 5.54. The molecule has 2 aliphatic rings. The molecule has 2 fully saturated rings. The van der Waals surface area contributed by atoms with E-state index in [0.717, 1.165) is 22.7 Å². The van der Waals surface area contributed by atoms with Crippen LogP contribution in [0.1, 0.15) is 11.5 Å². The molecule has 8 heteroatoms. The molecule has 0 aliphatic carbocycles. The maximum atomic E-state index is 12.6. The average Bonchev–Trinajstić information content (AvgIpc) is 3.29. The highest BCUT2D eigenvalue weighted by Crippen LogP contribution is 2.18. The zero-order valence-corrected chi connectivity index (χ0v) is 15.6. The lowest BCUT2D eigenvalue weighted by atomic mass is 10.1. The largest absolute Gasteiger partial charge is 0.441 e. The van der Waals surface area contributed by atoms with E-state index in [1.165, 1.54) is 0 Å². The number of aryl methyl sites for hydroxylation is 1. The van der Waals surface area contributed by atoms with Crippen LogP contribution in [-0.2, 0) is 16.0 Å². The molecule has 1 atom stereocenters. The summed E-state index contributed by atoms with van der Waals surface area (Å²) in [5.41, 5.74) is 2.44. The number of thioether (sulfide) groups is 1. The maximum absolute atomic E-state index is 12.6. The van der Waals surface area contributed by atoms with Crippen molar-refractivity contribution < 1.29 is 14.0 Å². The van der Waals surface area contributed by atoms with Crippen molar-refractivity contribution in [2.75, 3.05) is 37.8 Å². The first-order chi connectivity index (χ1) is 12.6. The number of carbonyl (C=O) groups excluding carboxylic acids is 2. The van der Waals surface area contributed by atoms with Gasteiger partial charge in [-0.1, -0.05) is 6.07 Å². The van der Waals surface area contributed by atoms with Crippen LogP contribution in [0.25, 0.3) is 11.1 Å². The second-order valence-electron chi connectivity index (χ2n) is 6.69. The number of aromatic nitrogens is 1. The fraction of sp³-hybridized carbons (Fsp3) is 0.500. The SMILES string of the molecule is Cc1nc2ccc(CC(=O)N3CCN(C(=O)C4CSCN4)CC3)cc2o1. The van der Waals surface area contributed by atoms with Crippen molar-refractivity contribution in [1.82, 2.24) is 20.1 Å². The molecule has 0 radical (unpaired) electrons. The number of oxazole rings is 1. The topological polar surface area (TPSA) is 78.7 Å². The Morgan fingerprint density at radius 3 is 2.77 bits per heavy atom. The molecular formula is C18H22N4O3S. The van der Waals surface area contributed by atoms with Crippen LogP contribution < -0.4 is 5.32 Å². The highest BCUT2D eigenvalue weighted by Gasteiger charge is 2.30. The van der Waals surface area contributed by atoms with E-state index in [1.807, 2.05) is 34.9 Å². The van der Waals surface area contributed by atoms with Gasteiger partial charge in [0.25, 0.3) is 0 Å². The smallest absolute Gasteiger partial charge is 0.240 e. The van der Waals surface area contributed by atoms with Crippen molar-refractivity contribution >= 4 is 34.7 Å². The van der Waals surface area contributed by atoms with E-state index in [2.05, 4.69) is 10.3 Å². The zero-order chi connectivity index (χ0) is 18.1. The second-order valence-corrected chi connectivity index (χ2v) is 7.72. The Bertz CT molecular complexity index is 823. The summed E-state index contributed by atoms with van der Waals surface area (Å²) in [7, 11) is 0. The summed E-state index contributed by atoms with van der Waals surface area (Å²) in [6, 6.07) is 5.62. The minimum Gasteiger partial charge on any atom is -0.441 e. The molecule has 7 nitrogen and oxygen atoms in total. The van der Waals surface area contributed by atoms with Gasteiger partial charge in [-0.3, -0.25) is 14.9 Å². The van der Waals surface area contributed by atoms with Crippen LogP contribution in [0.5, 0.6) is 0 Å².